The number of nitrogen functional groups attached to an aromatic ring is 1. The van der Waals surface area contributed by atoms with Crippen molar-refractivity contribution in [3.63, 3.8) is 0 Å². The molecule has 0 unspecified atom stereocenters. The Labute approximate surface area is 320 Å². The molecule has 0 aliphatic carbocycles. The minimum atomic E-state index is -5.29. The fourth-order valence-corrected chi connectivity index (χ4v) is 8.62. The smallest absolute Gasteiger partial charge is 0.297 e. The third-order valence-corrected chi connectivity index (χ3v) is 11.8. The van der Waals surface area contributed by atoms with Crippen molar-refractivity contribution < 1.29 is 66.5 Å². The van der Waals surface area contributed by atoms with E-state index < -0.39 is 89.3 Å². The molecule has 0 atom stereocenters. The van der Waals surface area contributed by atoms with Gasteiger partial charge in [0.1, 0.15) is 37.3 Å². The van der Waals surface area contributed by atoms with E-state index in [-0.39, 0.29) is 62.1 Å². The number of benzene rings is 4. The second kappa shape index (κ2) is 15.3. The number of aromatic hydroxyl groups is 1. The van der Waals surface area contributed by atoms with Crippen LogP contribution in [0.15, 0.2) is 77.6 Å². The first-order chi connectivity index (χ1) is 25.8. The molecule has 1 heterocycles. The second-order valence-electron chi connectivity index (χ2n) is 11.6. The Morgan fingerprint density at radius 3 is 2.11 bits per heavy atom. The molecule has 22 nitrogen and oxygen atoms in total. The van der Waals surface area contributed by atoms with Crippen molar-refractivity contribution in [1.29, 1.82) is 0 Å². The molecule has 298 valence electrons. The first-order valence-corrected chi connectivity index (χ1v) is 21.9. The highest BCUT2D eigenvalue weighted by Gasteiger charge is 2.27. The number of aryl methyl sites for hydroxylation is 1. The topological polar surface area (TPSA) is 364 Å². The van der Waals surface area contributed by atoms with Crippen molar-refractivity contribution in [3.05, 3.63) is 48.0 Å². The molecule has 0 spiro atoms. The number of ether oxygens (including phenoxy) is 1. The minimum absolute atomic E-state index is 0.0504. The van der Waals surface area contributed by atoms with Crippen LogP contribution in [0.25, 0.3) is 21.0 Å². The van der Waals surface area contributed by atoms with Crippen molar-refractivity contribution >= 4 is 112 Å². The number of hydrogen-bond acceptors (Lipinski definition) is 18. The summed E-state index contributed by atoms with van der Waals surface area (Å²) < 4.78 is 140. The Hall–Kier alpha value is -5.26. The van der Waals surface area contributed by atoms with Gasteiger partial charge in [0.2, 0.25) is 11.0 Å². The molecule has 0 aliphatic rings. The maximum absolute atomic E-state index is 12.4. The highest BCUT2D eigenvalue weighted by atomic mass is 32.2. The first-order valence-electron chi connectivity index (χ1n) is 15.1. The zero-order valence-electron chi connectivity index (χ0n) is 28.3. The van der Waals surface area contributed by atoms with Crippen LogP contribution in [-0.4, -0.2) is 80.2 Å². The number of nitrogens with two attached hydrogens (primary N) is 1. The standard InChI is InChI=1S/C29H27N7O15S5/c1-13-8-20(34-35-26-24(55(45,46)47)11-17-16(27(26)38)4-5-18(30)28(17)56(48,49)50)21(51-6-3-7-53(39,40)41)12-19(13)33-36-29-32-25-22(52-29)9-15(31-14(2)37)10-23(25)54(42,43)44/h4-5,8-12,38H,3,6-7,30H2,1-2H3,(H,31,37)(H,39,40,41)(H,42,43,44)(H,45,46,47)(H,48,49,50). The van der Waals surface area contributed by atoms with Gasteiger partial charge in [-0.1, -0.05) is 11.3 Å². The maximum Gasteiger partial charge on any atom is 0.297 e. The Bertz CT molecular complexity index is 2970. The number of anilines is 2. The first kappa shape index (κ1) is 41.9. The second-order valence-corrected chi connectivity index (χ2v) is 18.3. The summed E-state index contributed by atoms with van der Waals surface area (Å²) in [7, 11) is -19.6. The lowest BCUT2D eigenvalue weighted by Crippen LogP contribution is -2.08. The van der Waals surface area contributed by atoms with Crippen LogP contribution in [0.4, 0.5) is 33.6 Å². The predicted molar refractivity (Wildman–Crippen MR) is 199 cm³/mol. The van der Waals surface area contributed by atoms with E-state index in [1.807, 2.05) is 0 Å². The van der Waals surface area contributed by atoms with Gasteiger partial charge in [0.15, 0.2) is 5.75 Å². The van der Waals surface area contributed by atoms with Crippen LogP contribution >= 0.6 is 11.3 Å². The summed E-state index contributed by atoms with van der Waals surface area (Å²) in [5.74, 6) is -2.42. The van der Waals surface area contributed by atoms with Crippen LogP contribution in [0.5, 0.6) is 11.5 Å². The summed E-state index contributed by atoms with van der Waals surface area (Å²) in [4.78, 5) is 13.0. The van der Waals surface area contributed by atoms with Gasteiger partial charge in [-0.05, 0) is 55.3 Å². The minimum Gasteiger partial charge on any atom is -0.505 e. The lowest BCUT2D eigenvalue weighted by atomic mass is 10.1. The molecule has 1 aromatic heterocycles. The van der Waals surface area contributed by atoms with Gasteiger partial charge in [0, 0.05) is 29.4 Å². The number of aromatic nitrogens is 1. The number of fused-ring (bicyclic) bond motifs is 2. The number of nitrogens with zero attached hydrogens (tertiary/aromatic N) is 5. The zero-order chi connectivity index (χ0) is 41.5. The van der Waals surface area contributed by atoms with E-state index in [2.05, 4.69) is 30.8 Å². The van der Waals surface area contributed by atoms with Crippen molar-refractivity contribution in [2.24, 2.45) is 20.5 Å². The summed E-state index contributed by atoms with van der Waals surface area (Å²) in [6, 6.07) is 7.61. The number of nitrogens with one attached hydrogen (secondary N) is 1. The summed E-state index contributed by atoms with van der Waals surface area (Å²) in [5, 5.41) is 28.3. The monoisotopic (exact) mass is 873 g/mol. The lowest BCUT2D eigenvalue weighted by molar-refractivity contribution is -0.114. The van der Waals surface area contributed by atoms with Crippen LogP contribution in [0.2, 0.25) is 0 Å². The fourth-order valence-electron chi connectivity index (χ4n) is 5.08. The highest BCUT2D eigenvalue weighted by molar-refractivity contribution is 7.87. The van der Waals surface area contributed by atoms with Crippen LogP contribution in [0.3, 0.4) is 0 Å². The fraction of sp³-hybridized carbons (Fsp3) is 0.172. The average Bonchev–Trinajstić information content (AvgIpc) is 3.46. The largest absolute Gasteiger partial charge is 0.505 e. The number of thiazole rings is 1. The van der Waals surface area contributed by atoms with Gasteiger partial charge in [0.05, 0.1) is 28.4 Å². The van der Waals surface area contributed by atoms with E-state index in [1.54, 1.807) is 0 Å². The Balaban J connectivity index is 1.61. The van der Waals surface area contributed by atoms with Gasteiger partial charge in [-0.15, -0.1) is 20.5 Å². The Morgan fingerprint density at radius 2 is 1.50 bits per heavy atom. The predicted octanol–water partition coefficient (Wildman–Crippen LogP) is 5.23. The van der Waals surface area contributed by atoms with Crippen LogP contribution in [0.1, 0.15) is 18.9 Å². The van der Waals surface area contributed by atoms with Gasteiger partial charge in [-0.3, -0.25) is 23.0 Å². The third kappa shape index (κ3) is 9.57. The van der Waals surface area contributed by atoms with E-state index in [1.165, 1.54) is 32.0 Å². The molecule has 0 aliphatic heterocycles. The molecule has 0 bridgehead atoms. The molecule has 4 aromatic carbocycles. The molecular formula is C29H27N7O15S5. The number of hydrogen-bond donors (Lipinski definition) is 7. The lowest BCUT2D eigenvalue weighted by Gasteiger charge is -2.13. The molecule has 0 fully saturated rings. The molecule has 0 saturated heterocycles. The van der Waals surface area contributed by atoms with Crippen molar-refractivity contribution in [1.82, 2.24) is 4.98 Å². The number of carbonyl (C=O) groups excluding carboxylic acids is 1. The van der Waals surface area contributed by atoms with Gasteiger partial charge in [-0.25, -0.2) is 4.98 Å². The summed E-state index contributed by atoms with van der Waals surface area (Å²) in [5.41, 5.74) is 4.31. The van der Waals surface area contributed by atoms with Crippen LogP contribution < -0.4 is 15.8 Å². The molecule has 8 N–H and O–H groups in total. The van der Waals surface area contributed by atoms with E-state index in [0.717, 1.165) is 29.5 Å². The Kier molecular flexibility index (Phi) is 11.5. The van der Waals surface area contributed by atoms with E-state index in [4.69, 9.17) is 15.0 Å². The molecular weight excluding hydrogens is 847 g/mol. The van der Waals surface area contributed by atoms with Gasteiger partial charge >= 0.3 is 0 Å². The molecule has 56 heavy (non-hydrogen) atoms. The summed E-state index contributed by atoms with van der Waals surface area (Å²) >= 11 is 0.843. The quantitative estimate of drug-likeness (QED) is 0.0344. The average molecular weight is 874 g/mol. The normalized spacial score (nSPS) is 13.0. The van der Waals surface area contributed by atoms with E-state index >= 15 is 0 Å². The SMILES string of the molecule is CC(=O)Nc1cc(S(=O)(=O)O)c2nc(N=Nc3cc(OCCCS(=O)(=O)O)c(N=Nc4c(S(=O)(=O)O)cc5c(S(=O)(=O)O)c(N)ccc5c4O)cc3C)sc2c1. The van der Waals surface area contributed by atoms with E-state index in [9.17, 15) is 57.2 Å². The number of rotatable bonds is 13. The molecule has 27 heteroatoms. The van der Waals surface area contributed by atoms with Gasteiger partial charge in [-0.2, -0.15) is 33.7 Å². The number of amides is 1. The molecule has 1 amide bonds. The maximum atomic E-state index is 12.4. The van der Waals surface area contributed by atoms with E-state index in [0.29, 0.717) is 6.07 Å². The van der Waals surface area contributed by atoms with Gasteiger partial charge in [0.25, 0.3) is 40.5 Å². The highest BCUT2D eigenvalue weighted by Crippen LogP contribution is 2.45. The number of phenols is 1. The van der Waals surface area contributed by atoms with Crippen molar-refractivity contribution in [2.45, 2.75) is 35.0 Å². The molecule has 0 saturated carbocycles. The van der Waals surface area contributed by atoms with Crippen LogP contribution in [0, 0.1) is 6.92 Å². The Morgan fingerprint density at radius 1 is 0.839 bits per heavy atom. The van der Waals surface area contributed by atoms with Crippen molar-refractivity contribution in [2.75, 3.05) is 23.4 Å². The van der Waals surface area contributed by atoms with Crippen molar-refractivity contribution in [3.8, 4) is 11.5 Å². The third-order valence-electron chi connectivity index (χ3n) is 7.38. The summed E-state index contributed by atoms with van der Waals surface area (Å²) in [6.07, 6.45) is -0.236. The zero-order valence-corrected chi connectivity index (χ0v) is 32.4. The number of phenolic OH excluding ortho intramolecular Hbond substituents is 1. The van der Waals surface area contributed by atoms with Gasteiger partial charge < -0.3 is 20.9 Å². The number of azo groups is 2. The molecule has 0 radical (unpaired) electrons. The summed E-state index contributed by atoms with van der Waals surface area (Å²) in [6.45, 7) is 2.34. The number of carbonyl (C=O) groups is 1. The molecule has 5 aromatic rings. The van der Waals surface area contributed by atoms with Crippen LogP contribution in [-0.2, 0) is 45.3 Å². The molecule has 5 rings (SSSR count).